The average molecular weight is 333 g/mol. The van der Waals surface area contributed by atoms with Gasteiger partial charge in [0.25, 0.3) is 0 Å². The molecule has 0 fully saturated rings. The highest BCUT2D eigenvalue weighted by molar-refractivity contribution is 6.34. The molecule has 0 atom stereocenters. The fraction of sp³-hybridized carbons (Fsp3) is 0.118. The molecule has 0 saturated heterocycles. The Morgan fingerprint density at radius 1 is 1.13 bits per heavy atom. The first kappa shape index (κ1) is 15.4. The number of ether oxygens (including phenoxy) is 1. The molecule has 0 aliphatic heterocycles. The van der Waals surface area contributed by atoms with E-state index in [1.54, 1.807) is 42.5 Å². The number of benzene rings is 2. The predicted octanol–water partition coefficient (Wildman–Crippen LogP) is 3.19. The standard InChI is InChI=1S/C17H13ClO5/c18-13-3-1-2-12-14(20)15(21)16(23-17(12)13)10-4-6-11(7-5-10)22-9-8-19/h1-7,19,21H,8-9H2. The summed E-state index contributed by atoms with van der Waals surface area (Å²) in [5.41, 5.74) is 0.203. The van der Waals surface area contributed by atoms with Crippen LogP contribution in [0.3, 0.4) is 0 Å². The molecule has 0 spiro atoms. The summed E-state index contributed by atoms with van der Waals surface area (Å²) in [6.45, 7) is 0.103. The maximum atomic E-state index is 12.3. The minimum absolute atomic E-state index is 0.0457. The topological polar surface area (TPSA) is 79.9 Å². The van der Waals surface area contributed by atoms with E-state index < -0.39 is 11.2 Å². The van der Waals surface area contributed by atoms with Crippen LogP contribution in [0.2, 0.25) is 5.02 Å². The SMILES string of the molecule is O=c1c(O)c(-c2ccc(OCCO)cc2)oc2c(Cl)cccc12. The predicted molar refractivity (Wildman–Crippen MR) is 87.2 cm³/mol. The zero-order valence-electron chi connectivity index (χ0n) is 12.0. The Labute approximate surface area is 136 Å². The number of aliphatic hydroxyl groups excluding tert-OH is 1. The van der Waals surface area contributed by atoms with Gasteiger partial charge in [0, 0.05) is 5.56 Å². The molecular formula is C17H13ClO5. The summed E-state index contributed by atoms with van der Waals surface area (Å²) >= 11 is 6.07. The molecule has 1 aromatic heterocycles. The molecule has 0 unspecified atom stereocenters. The van der Waals surface area contributed by atoms with Gasteiger partial charge in [-0.25, -0.2) is 0 Å². The van der Waals surface area contributed by atoms with Crippen LogP contribution < -0.4 is 10.2 Å². The van der Waals surface area contributed by atoms with Crippen LogP contribution in [0.1, 0.15) is 0 Å². The fourth-order valence-electron chi connectivity index (χ4n) is 2.23. The maximum absolute atomic E-state index is 12.3. The van der Waals surface area contributed by atoms with Crippen LogP contribution in [0.4, 0.5) is 0 Å². The zero-order valence-corrected chi connectivity index (χ0v) is 12.7. The van der Waals surface area contributed by atoms with E-state index in [4.69, 9.17) is 25.9 Å². The van der Waals surface area contributed by atoms with Crippen LogP contribution in [-0.2, 0) is 0 Å². The monoisotopic (exact) mass is 332 g/mol. The van der Waals surface area contributed by atoms with Crippen LogP contribution in [0.5, 0.6) is 11.5 Å². The molecule has 3 rings (SSSR count). The number of hydrogen-bond acceptors (Lipinski definition) is 5. The molecule has 0 radical (unpaired) electrons. The van der Waals surface area contributed by atoms with E-state index in [0.717, 1.165) is 0 Å². The number of aliphatic hydroxyl groups is 1. The lowest BCUT2D eigenvalue weighted by molar-refractivity contribution is 0.201. The minimum atomic E-state index is -0.538. The Bertz CT molecular complexity index is 899. The Hall–Kier alpha value is -2.50. The third-order valence-electron chi connectivity index (χ3n) is 3.32. The van der Waals surface area contributed by atoms with Gasteiger partial charge in [-0.3, -0.25) is 4.79 Å². The number of para-hydroxylation sites is 1. The molecule has 5 nitrogen and oxygen atoms in total. The molecule has 0 saturated carbocycles. The molecule has 0 aliphatic carbocycles. The summed E-state index contributed by atoms with van der Waals surface area (Å²) < 4.78 is 10.9. The highest BCUT2D eigenvalue weighted by Gasteiger charge is 2.16. The van der Waals surface area contributed by atoms with Crippen molar-refractivity contribution in [1.29, 1.82) is 0 Å². The van der Waals surface area contributed by atoms with Gasteiger partial charge in [0.1, 0.15) is 12.4 Å². The number of rotatable bonds is 4. The summed E-state index contributed by atoms with van der Waals surface area (Å²) in [5, 5.41) is 19.4. The molecule has 2 aromatic carbocycles. The van der Waals surface area contributed by atoms with Crippen LogP contribution in [0.15, 0.2) is 51.7 Å². The number of fused-ring (bicyclic) bond motifs is 1. The van der Waals surface area contributed by atoms with E-state index in [1.807, 2.05) is 0 Å². The second-order valence-electron chi connectivity index (χ2n) is 4.82. The second kappa shape index (κ2) is 6.32. The normalized spacial score (nSPS) is 10.9. The first-order chi connectivity index (χ1) is 11.1. The molecule has 0 amide bonds. The fourth-order valence-corrected chi connectivity index (χ4v) is 2.45. The van der Waals surface area contributed by atoms with Gasteiger partial charge in [-0.05, 0) is 36.4 Å². The van der Waals surface area contributed by atoms with Crippen molar-refractivity contribution in [2.75, 3.05) is 13.2 Å². The van der Waals surface area contributed by atoms with Crippen molar-refractivity contribution < 1.29 is 19.4 Å². The molecule has 23 heavy (non-hydrogen) atoms. The van der Waals surface area contributed by atoms with Crippen molar-refractivity contribution in [3.8, 4) is 22.8 Å². The Kier molecular flexibility index (Phi) is 4.23. The lowest BCUT2D eigenvalue weighted by Gasteiger charge is -2.08. The molecular weight excluding hydrogens is 320 g/mol. The van der Waals surface area contributed by atoms with Crippen LogP contribution in [0, 0.1) is 0 Å². The smallest absolute Gasteiger partial charge is 0.235 e. The van der Waals surface area contributed by atoms with Gasteiger partial charge >= 0.3 is 0 Å². The molecule has 2 N–H and O–H groups in total. The third-order valence-corrected chi connectivity index (χ3v) is 3.62. The van der Waals surface area contributed by atoms with Crippen LogP contribution >= 0.6 is 11.6 Å². The van der Waals surface area contributed by atoms with Crippen molar-refractivity contribution in [1.82, 2.24) is 0 Å². The zero-order chi connectivity index (χ0) is 16.4. The molecule has 118 valence electrons. The number of aromatic hydroxyl groups is 1. The van der Waals surface area contributed by atoms with Gasteiger partial charge in [-0.2, -0.15) is 0 Å². The van der Waals surface area contributed by atoms with E-state index in [-0.39, 0.29) is 29.9 Å². The third kappa shape index (κ3) is 2.88. The van der Waals surface area contributed by atoms with Gasteiger partial charge in [0.2, 0.25) is 11.2 Å². The number of hydrogen-bond donors (Lipinski definition) is 2. The van der Waals surface area contributed by atoms with E-state index in [9.17, 15) is 9.90 Å². The molecule has 6 heteroatoms. The lowest BCUT2D eigenvalue weighted by Crippen LogP contribution is -2.03. The maximum Gasteiger partial charge on any atom is 0.235 e. The first-order valence-corrected chi connectivity index (χ1v) is 7.28. The summed E-state index contributed by atoms with van der Waals surface area (Å²) in [4.78, 5) is 12.3. The Balaban J connectivity index is 2.11. The molecule has 0 aliphatic rings. The first-order valence-electron chi connectivity index (χ1n) is 6.90. The largest absolute Gasteiger partial charge is 0.502 e. The van der Waals surface area contributed by atoms with Crippen molar-refractivity contribution in [2.24, 2.45) is 0 Å². The Morgan fingerprint density at radius 2 is 1.87 bits per heavy atom. The van der Waals surface area contributed by atoms with Crippen LogP contribution in [0.25, 0.3) is 22.3 Å². The van der Waals surface area contributed by atoms with Gasteiger partial charge in [0.05, 0.1) is 17.0 Å². The number of halogens is 1. The average Bonchev–Trinajstić information content (AvgIpc) is 2.57. The van der Waals surface area contributed by atoms with E-state index >= 15 is 0 Å². The van der Waals surface area contributed by atoms with Crippen molar-refractivity contribution in [2.45, 2.75) is 0 Å². The quantitative estimate of drug-likeness (QED) is 0.767. The highest BCUT2D eigenvalue weighted by Crippen LogP contribution is 2.33. The van der Waals surface area contributed by atoms with Gasteiger partial charge in [-0.1, -0.05) is 17.7 Å². The van der Waals surface area contributed by atoms with Gasteiger partial charge < -0.3 is 19.4 Å². The molecule has 1 heterocycles. The van der Waals surface area contributed by atoms with E-state index in [0.29, 0.717) is 16.3 Å². The summed E-state index contributed by atoms with van der Waals surface area (Å²) in [5.74, 6) is 0.136. The lowest BCUT2D eigenvalue weighted by atomic mass is 10.1. The summed E-state index contributed by atoms with van der Waals surface area (Å²) in [6.07, 6.45) is 0. The summed E-state index contributed by atoms with van der Waals surface area (Å²) in [6, 6.07) is 11.4. The second-order valence-corrected chi connectivity index (χ2v) is 5.23. The molecule has 3 aromatic rings. The van der Waals surface area contributed by atoms with Crippen LogP contribution in [-0.4, -0.2) is 23.4 Å². The Morgan fingerprint density at radius 3 is 2.57 bits per heavy atom. The van der Waals surface area contributed by atoms with Crippen molar-refractivity contribution >= 4 is 22.6 Å². The highest BCUT2D eigenvalue weighted by atomic mass is 35.5. The summed E-state index contributed by atoms with van der Waals surface area (Å²) in [7, 11) is 0. The molecule has 0 bridgehead atoms. The van der Waals surface area contributed by atoms with E-state index in [1.165, 1.54) is 0 Å². The van der Waals surface area contributed by atoms with Crippen molar-refractivity contribution in [3.05, 3.63) is 57.7 Å². The van der Waals surface area contributed by atoms with E-state index in [2.05, 4.69) is 0 Å². The van der Waals surface area contributed by atoms with Gasteiger partial charge in [-0.15, -0.1) is 0 Å². The van der Waals surface area contributed by atoms with Gasteiger partial charge in [0.15, 0.2) is 11.3 Å². The van der Waals surface area contributed by atoms with Crippen molar-refractivity contribution in [3.63, 3.8) is 0 Å². The minimum Gasteiger partial charge on any atom is -0.502 e.